The van der Waals surface area contributed by atoms with Crippen molar-refractivity contribution < 1.29 is 18.0 Å². The number of nitrogens with zero attached hydrogens (tertiary/aromatic N) is 1. The predicted molar refractivity (Wildman–Crippen MR) is 127 cm³/mol. The lowest BCUT2D eigenvalue weighted by atomic mass is 10.1. The summed E-state index contributed by atoms with van der Waals surface area (Å²) in [6.45, 7) is 3.91. The van der Waals surface area contributed by atoms with Gasteiger partial charge in [0.05, 0.1) is 15.5 Å². The highest BCUT2D eigenvalue weighted by atomic mass is 35.5. The van der Waals surface area contributed by atoms with E-state index in [0.29, 0.717) is 18.5 Å². The molecule has 0 aliphatic carbocycles. The zero-order valence-corrected chi connectivity index (χ0v) is 19.8. The van der Waals surface area contributed by atoms with Gasteiger partial charge in [-0.2, -0.15) is 0 Å². The van der Waals surface area contributed by atoms with E-state index in [9.17, 15) is 18.0 Å². The second-order valence-corrected chi connectivity index (χ2v) is 10.4. The Morgan fingerprint density at radius 1 is 1.12 bits per heavy atom. The van der Waals surface area contributed by atoms with Crippen molar-refractivity contribution in [1.29, 1.82) is 0 Å². The molecule has 1 aliphatic rings. The predicted octanol–water partition coefficient (Wildman–Crippen LogP) is 3.88. The number of halogens is 1. The topological polar surface area (TPSA) is 95.6 Å². The van der Waals surface area contributed by atoms with E-state index in [0.717, 1.165) is 37.9 Å². The Balaban J connectivity index is 1.75. The van der Waals surface area contributed by atoms with Gasteiger partial charge in [-0.25, -0.2) is 8.42 Å². The SMILES string of the molecule is CCCC(NC(=O)c1cc(S(C)(=O)=O)ccc1Cl)C(=O)Nc1cccc(N2CCCC2)c1. The number of hydrogen-bond acceptors (Lipinski definition) is 5. The van der Waals surface area contributed by atoms with E-state index in [4.69, 9.17) is 11.6 Å². The molecule has 1 aliphatic heterocycles. The first kappa shape index (κ1) is 24.1. The Morgan fingerprint density at radius 3 is 2.50 bits per heavy atom. The summed E-state index contributed by atoms with van der Waals surface area (Å²) in [6.07, 6.45) is 4.46. The molecule has 0 radical (unpaired) electrons. The number of sulfone groups is 1. The van der Waals surface area contributed by atoms with Crippen LogP contribution in [0.1, 0.15) is 43.0 Å². The second-order valence-electron chi connectivity index (χ2n) is 7.96. The van der Waals surface area contributed by atoms with Crippen LogP contribution in [0.15, 0.2) is 47.4 Å². The molecule has 1 fully saturated rings. The van der Waals surface area contributed by atoms with Crippen LogP contribution in [0.5, 0.6) is 0 Å². The van der Waals surface area contributed by atoms with Crippen LogP contribution in [0.4, 0.5) is 11.4 Å². The molecule has 1 heterocycles. The van der Waals surface area contributed by atoms with Gasteiger partial charge in [-0.05, 0) is 55.7 Å². The number of amides is 2. The van der Waals surface area contributed by atoms with E-state index in [1.165, 1.54) is 18.2 Å². The highest BCUT2D eigenvalue weighted by Gasteiger charge is 2.23. The number of benzene rings is 2. The van der Waals surface area contributed by atoms with Crippen LogP contribution in [0, 0.1) is 0 Å². The molecule has 1 saturated heterocycles. The minimum atomic E-state index is -3.50. The minimum absolute atomic E-state index is 0.0118. The van der Waals surface area contributed by atoms with Crippen molar-refractivity contribution in [2.75, 3.05) is 29.6 Å². The van der Waals surface area contributed by atoms with Crippen molar-refractivity contribution in [2.45, 2.75) is 43.5 Å². The summed E-state index contributed by atoms with van der Waals surface area (Å²) in [6, 6.07) is 10.8. The third-order valence-electron chi connectivity index (χ3n) is 5.39. The maximum Gasteiger partial charge on any atom is 0.253 e. The lowest BCUT2D eigenvalue weighted by Gasteiger charge is -2.21. The molecule has 0 saturated carbocycles. The first-order chi connectivity index (χ1) is 15.2. The smallest absolute Gasteiger partial charge is 0.253 e. The van der Waals surface area contributed by atoms with Gasteiger partial charge >= 0.3 is 0 Å². The van der Waals surface area contributed by atoms with Crippen LogP contribution in [0.25, 0.3) is 0 Å². The van der Waals surface area contributed by atoms with Gasteiger partial charge in [-0.15, -0.1) is 0 Å². The van der Waals surface area contributed by atoms with Gasteiger partial charge in [0.15, 0.2) is 9.84 Å². The van der Waals surface area contributed by atoms with Crippen molar-refractivity contribution in [3.05, 3.63) is 53.1 Å². The summed E-state index contributed by atoms with van der Waals surface area (Å²) in [5.41, 5.74) is 1.73. The van der Waals surface area contributed by atoms with Crippen molar-refractivity contribution >= 4 is 44.6 Å². The molecule has 0 spiro atoms. The Hall–Kier alpha value is -2.58. The van der Waals surface area contributed by atoms with Crippen LogP contribution < -0.4 is 15.5 Å². The number of hydrogen-bond donors (Lipinski definition) is 2. The zero-order chi connectivity index (χ0) is 23.3. The fourth-order valence-corrected chi connectivity index (χ4v) is 4.54. The molecule has 2 aromatic rings. The van der Waals surface area contributed by atoms with Gasteiger partial charge in [0.2, 0.25) is 5.91 Å². The average Bonchev–Trinajstić information content (AvgIpc) is 3.28. The summed E-state index contributed by atoms with van der Waals surface area (Å²) in [5.74, 6) is -0.936. The third kappa shape index (κ3) is 6.01. The number of rotatable bonds is 8. The number of carbonyl (C=O) groups is 2. The van der Waals surface area contributed by atoms with Crippen LogP contribution in [-0.2, 0) is 14.6 Å². The molecule has 172 valence electrons. The van der Waals surface area contributed by atoms with Gasteiger partial charge in [-0.3, -0.25) is 9.59 Å². The molecular formula is C23H28ClN3O4S. The Kier molecular flexibility index (Phi) is 7.79. The highest BCUT2D eigenvalue weighted by Crippen LogP contribution is 2.24. The zero-order valence-electron chi connectivity index (χ0n) is 18.2. The Labute approximate surface area is 194 Å². The summed E-state index contributed by atoms with van der Waals surface area (Å²) in [7, 11) is -3.50. The maximum absolute atomic E-state index is 12.9. The molecular weight excluding hydrogens is 450 g/mol. The Morgan fingerprint density at radius 2 is 1.84 bits per heavy atom. The molecule has 32 heavy (non-hydrogen) atoms. The first-order valence-electron chi connectivity index (χ1n) is 10.7. The molecule has 1 unspecified atom stereocenters. The van der Waals surface area contributed by atoms with Crippen molar-refractivity contribution in [2.24, 2.45) is 0 Å². The average molecular weight is 478 g/mol. The minimum Gasteiger partial charge on any atom is -0.371 e. The summed E-state index contributed by atoms with van der Waals surface area (Å²) >= 11 is 6.13. The fraction of sp³-hybridized carbons (Fsp3) is 0.391. The van der Waals surface area contributed by atoms with Crippen molar-refractivity contribution in [3.63, 3.8) is 0 Å². The molecule has 0 bridgehead atoms. The summed E-state index contributed by atoms with van der Waals surface area (Å²) in [4.78, 5) is 28.0. The first-order valence-corrected chi connectivity index (χ1v) is 12.9. The van der Waals surface area contributed by atoms with E-state index >= 15 is 0 Å². The van der Waals surface area contributed by atoms with E-state index in [1.807, 2.05) is 31.2 Å². The van der Waals surface area contributed by atoms with Gasteiger partial charge < -0.3 is 15.5 Å². The quantitative estimate of drug-likeness (QED) is 0.601. The van der Waals surface area contributed by atoms with E-state index in [-0.39, 0.29) is 21.4 Å². The monoisotopic (exact) mass is 477 g/mol. The fourth-order valence-electron chi connectivity index (χ4n) is 3.69. The van der Waals surface area contributed by atoms with Gasteiger partial charge in [0.25, 0.3) is 5.91 Å². The summed E-state index contributed by atoms with van der Waals surface area (Å²) in [5, 5.41) is 5.71. The molecule has 0 aromatic heterocycles. The van der Waals surface area contributed by atoms with E-state index in [2.05, 4.69) is 15.5 Å². The molecule has 2 aromatic carbocycles. The van der Waals surface area contributed by atoms with Crippen LogP contribution in [0.3, 0.4) is 0 Å². The third-order valence-corrected chi connectivity index (χ3v) is 6.83. The lowest BCUT2D eigenvalue weighted by Crippen LogP contribution is -2.43. The Bertz CT molecular complexity index is 1100. The molecule has 3 rings (SSSR count). The normalized spacial score (nSPS) is 14.8. The molecule has 9 heteroatoms. The lowest BCUT2D eigenvalue weighted by molar-refractivity contribution is -0.118. The van der Waals surface area contributed by atoms with Crippen LogP contribution >= 0.6 is 11.6 Å². The van der Waals surface area contributed by atoms with Gasteiger partial charge in [0, 0.05) is 30.7 Å². The largest absolute Gasteiger partial charge is 0.371 e. The van der Waals surface area contributed by atoms with Crippen LogP contribution in [0.2, 0.25) is 5.02 Å². The van der Waals surface area contributed by atoms with Gasteiger partial charge in [0.1, 0.15) is 6.04 Å². The van der Waals surface area contributed by atoms with E-state index in [1.54, 1.807) is 0 Å². The standard InChI is InChI=1S/C23H28ClN3O4S/c1-3-7-21(26-22(28)19-15-18(32(2,30)31)10-11-20(19)24)23(29)25-16-8-6-9-17(14-16)27-12-4-5-13-27/h6,8-11,14-15,21H,3-5,7,12-13H2,1-2H3,(H,25,29)(H,26,28). The molecule has 7 nitrogen and oxygen atoms in total. The van der Waals surface area contributed by atoms with E-state index < -0.39 is 21.8 Å². The number of carbonyl (C=O) groups excluding carboxylic acids is 2. The second kappa shape index (κ2) is 10.4. The number of nitrogens with one attached hydrogen (secondary N) is 2. The van der Waals surface area contributed by atoms with Crippen molar-refractivity contribution in [1.82, 2.24) is 5.32 Å². The number of anilines is 2. The molecule has 2 amide bonds. The maximum atomic E-state index is 12.9. The summed E-state index contributed by atoms with van der Waals surface area (Å²) < 4.78 is 23.7. The highest BCUT2D eigenvalue weighted by molar-refractivity contribution is 7.90. The molecule has 2 N–H and O–H groups in total. The van der Waals surface area contributed by atoms with Crippen LogP contribution in [-0.4, -0.2) is 45.6 Å². The van der Waals surface area contributed by atoms with Gasteiger partial charge in [-0.1, -0.05) is 31.0 Å². The van der Waals surface area contributed by atoms with Crippen molar-refractivity contribution in [3.8, 4) is 0 Å². The molecule has 1 atom stereocenters.